The summed E-state index contributed by atoms with van der Waals surface area (Å²) in [5, 5.41) is 0. The number of amides is 2. The predicted octanol–water partition coefficient (Wildman–Crippen LogP) is 1.15. The minimum atomic E-state index is -1.44. The quantitative estimate of drug-likeness (QED) is 0.597. The molecule has 8 nitrogen and oxygen atoms in total. The molecule has 0 fully saturated rings. The van der Waals surface area contributed by atoms with Crippen LogP contribution >= 0.6 is 0 Å². The first-order chi connectivity index (χ1) is 13.5. The fraction of sp³-hybridized carbons (Fsp3) is 0.250. The van der Waals surface area contributed by atoms with E-state index in [4.69, 9.17) is 14.2 Å². The van der Waals surface area contributed by atoms with Gasteiger partial charge in [0.2, 0.25) is 6.10 Å². The van der Waals surface area contributed by atoms with Crippen LogP contribution in [0.2, 0.25) is 0 Å². The van der Waals surface area contributed by atoms with Crippen LogP contribution in [0.5, 0.6) is 11.5 Å². The number of hydrogen-bond acceptors (Lipinski definition) is 6. The molecule has 2 aliphatic rings. The zero-order valence-electron chi connectivity index (χ0n) is 15.1. The third-order valence-corrected chi connectivity index (χ3v) is 4.66. The molecular weight excluding hydrogens is 364 g/mol. The predicted molar refractivity (Wildman–Crippen MR) is 96.6 cm³/mol. The number of carbonyl (C=O) groups excluding carboxylic acids is 3. The number of fused-ring (bicyclic) bond motifs is 2. The van der Waals surface area contributed by atoms with Gasteiger partial charge in [0, 0.05) is 6.42 Å². The number of rotatable bonds is 2. The summed E-state index contributed by atoms with van der Waals surface area (Å²) < 4.78 is 16.4. The lowest BCUT2D eigenvalue weighted by Gasteiger charge is -2.33. The van der Waals surface area contributed by atoms with Crippen molar-refractivity contribution in [3.8, 4) is 11.5 Å². The molecule has 4 rings (SSSR count). The number of carbonyl (C=O) groups is 3. The van der Waals surface area contributed by atoms with Gasteiger partial charge in [-0.3, -0.25) is 20.4 Å². The molecule has 28 heavy (non-hydrogen) atoms. The van der Waals surface area contributed by atoms with E-state index in [1.165, 1.54) is 6.92 Å². The highest BCUT2D eigenvalue weighted by molar-refractivity contribution is 5.98. The van der Waals surface area contributed by atoms with Crippen molar-refractivity contribution in [1.29, 1.82) is 0 Å². The van der Waals surface area contributed by atoms with Gasteiger partial charge >= 0.3 is 5.97 Å². The Kier molecular flexibility index (Phi) is 4.38. The molecule has 0 aromatic heterocycles. The number of benzene rings is 2. The number of ether oxygens (including phenoxy) is 3. The van der Waals surface area contributed by atoms with Crippen molar-refractivity contribution >= 4 is 17.8 Å². The first-order valence-corrected chi connectivity index (χ1v) is 8.76. The van der Waals surface area contributed by atoms with Gasteiger partial charge in [-0.25, -0.2) is 4.79 Å². The number of nitrogens with one attached hydrogen (secondary N) is 2. The minimum Gasteiger partial charge on any atom is -0.485 e. The normalized spacial score (nSPS) is 22.5. The van der Waals surface area contributed by atoms with E-state index in [2.05, 4.69) is 10.9 Å². The Hall–Kier alpha value is -3.55. The van der Waals surface area contributed by atoms with Gasteiger partial charge in [0.1, 0.15) is 6.61 Å². The van der Waals surface area contributed by atoms with Crippen LogP contribution in [-0.4, -0.2) is 36.1 Å². The summed E-state index contributed by atoms with van der Waals surface area (Å²) in [6, 6.07) is 13.9. The maximum Gasteiger partial charge on any atom is 0.339 e. The highest BCUT2D eigenvalue weighted by atomic mass is 16.6. The van der Waals surface area contributed by atoms with E-state index in [-0.39, 0.29) is 13.0 Å². The van der Waals surface area contributed by atoms with E-state index >= 15 is 0 Å². The van der Waals surface area contributed by atoms with E-state index in [9.17, 15) is 14.4 Å². The summed E-state index contributed by atoms with van der Waals surface area (Å²) in [5.41, 5.74) is 4.33. The highest BCUT2D eigenvalue weighted by Crippen LogP contribution is 2.31. The molecule has 0 aliphatic carbocycles. The smallest absolute Gasteiger partial charge is 0.339 e. The van der Waals surface area contributed by atoms with Gasteiger partial charge in [0.15, 0.2) is 17.1 Å². The second-order valence-electron chi connectivity index (χ2n) is 6.76. The van der Waals surface area contributed by atoms with Crippen LogP contribution in [0.1, 0.15) is 22.8 Å². The van der Waals surface area contributed by atoms with Crippen LogP contribution in [0.15, 0.2) is 48.5 Å². The van der Waals surface area contributed by atoms with E-state index < -0.39 is 29.5 Å². The van der Waals surface area contributed by atoms with E-state index in [0.29, 0.717) is 22.6 Å². The largest absolute Gasteiger partial charge is 0.485 e. The number of esters is 1. The Morgan fingerprint density at radius 1 is 1.04 bits per heavy atom. The maximum atomic E-state index is 12.6. The molecule has 2 amide bonds. The van der Waals surface area contributed by atoms with Gasteiger partial charge in [-0.05, 0) is 30.7 Å². The van der Waals surface area contributed by atoms with Crippen molar-refractivity contribution in [3.05, 3.63) is 59.7 Å². The van der Waals surface area contributed by atoms with Gasteiger partial charge in [-0.2, -0.15) is 0 Å². The number of para-hydroxylation sites is 2. The lowest BCUT2D eigenvalue weighted by Crippen LogP contribution is -2.58. The lowest BCUT2D eigenvalue weighted by atomic mass is 9.89. The maximum absolute atomic E-state index is 12.6. The first kappa shape index (κ1) is 17.8. The Labute approximate surface area is 160 Å². The fourth-order valence-electron chi connectivity index (χ4n) is 3.14. The van der Waals surface area contributed by atoms with Gasteiger partial charge in [-0.15, -0.1) is 0 Å². The summed E-state index contributed by atoms with van der Waals surface area (Å²) in [4.78, 5) is 37.1. The fourth-order valence-corrected chi connectivity index (χ4v) is 3.14. The monoisotopic (exact) mass is 382 g/mol. The van der Waals surface area contributed by atoms with Crippen LogP contribution in [-0.2, 0) is 20.7 Å². The summed E-state index contributed by atoms with van der Waals surface area (Å²) in [6.07, 6.45) is -0.717. The molecule has 8 heteroatoms. The molecule has 2 aromatic rings. The zero-order valence-corrected chi connectivity index (χ0v) is 15.1. The SMILES string of the molecule is CC1(C(=O)NNC(=O)C2COc3ccccc3O2)Cc2ccccc2C(=O)O1. The van der Waals surface area contributed by atoms with Crippen molar-refractivity contribution in [2.24, 2.45) is 0 Å². The summed E-state index contributed by atoms with van der Waals surface area (Å²) in [6.45, 7) is 1.51. The number of cyclic esters (lactones) is 1. The number of hydrogen-bond donors (Lipinski definition) is 2. The Balaban J connectivity index is 1.38. The molecule has 0 radical (unpaired) electrons. The van der Waals surface area contributed by atoms with E-state index in [0.717, 1.165) is 0 Å². The van der Waals surface area contributed by atoms with Gasteiger partial charge < -0.3 is 14.2 Å². The average Bonchev–Trinajstić information content (AvgIpc) is 2.71. The summed E-state index contributed by atoms with van der Waals surface area (Å²) in [7, 11) is 0. The van der Waals surface area contributed by atoms with Crippen LogP contribution in [0, 0.1) is 0 Å². The van der Waals surface area contributed by atoms with Crippen molar-refractivity contribution in [2.45, 2.75) is 25.0 Å². The zero-order chi connectivity index (χ0) is 19.7. The Morgan fingerprint density at radius 3 is 2.57 bits per heavy atom. The summed E-state index contributed by atoms with van der Waals surface area (Å²) in [5.74, 6) is -0.790. The summed E-state index contributed by atoms with van der Waals surface area (Å²) >= 11 is 0. The molecule has 0 saturated carbocycles. The number of hydrazine groups is 1. The van der Waals surface area contributed by atoms with E-state index in [1.807, 2.05) is 0 Å². The topological polar surface area (TPSA) is 103 Å². The van der Waals surface area contributed by atoms with Crippen molar-refractivity contribution in [1.82, 2.24) is 10.9 Å². The molecule has 144 valence electrons. The van der Waals surface area contributed by atoms with E-state index in [1.54, 1.807) is 48.5 Å². The molecule has 0 bridgehead atoms. The third kappa shape index (κ3) is 3.24. The minimum absolute atomic E-state index is 0.0122. The van der Waals surface area contributed by atoms with Crippen LogP contribution < -0.4 is 20.3 Å². The van der Waals surface area contributed by atoms with Crippen molar-refractivity contribution in [2.75, 3.05) is 6.61 Å². The molecule has 2 heterocycles. The van der Waals surface area contributed by atoms with Gasteiger partial charge in [0.05, 0.1) is 5.56 Å². The lowest BCUT2D eigenvalue weighted by molar-refractivity contribution is -0.144. The Morgan fingerprint density at radius 2 is 1.75 bits per heavy atom. The second kappa shape index (κ2) is 6.88. The second-order valence-corrected chi connectivity index (χ2v) is 6.76. The van der Waals surface area contributed by atoms with Crippen LogP contribution in [0.3, 0.4) is 0 Å². The molecule has 0 saturated heterocycles. The molecule has 2 aromatic carbocycles. The Bertz CT molecular complexity index is 959. The van der Waals surface area contributed by atoms with Crippen molar-refractivity contribution in [3.63, 3.8) is 0 Å². The molecule has 2 N–H and O–H groups in total. The molecule has 2 atom stereocenters. The first-order valence-electron chi connectivity index (χ1n) is 8.76. The average molecular weight is 382 g/mol. The molecule has 2 unspecified atom stereocenters. The van der Waals surface area contributed by atoms with Gasteiger partial charge in [0.25, 0.3) is 11.8 Å². The highest BCUT2D eigenvalue weighted by Gasteiger charge is 2.43. The molecule has 2 aliphatic heterocycles. The van der Waals surface area contributed by atoms with Crippen molar-refractivity contribution < 1.29 is 28.6 Å². The van der Waals surface area contributed by atoms with Crippen LogP contribution in [0.25, 0.3) is 0 Å². The molecule has 0 spiro atoms. The molecular formula is C20H18N2O6. The van der Waals surface area contributed by atoms with Gasteiger partial charge in [-0.1, -0.05) is 30.3 Å². The van der Waals surface area contributed by atoms with Crippen LogP contribution in [0.4, 0.5) is 0 Å². The third-order valence-electron chi connectivity index (χ3n) is 4.66. The standard InChI is InChI=1S/C20H18N2O6/c1-20(10-12-6-2-3-7-13(12)18(24)28-20)19(25)22-21-17(23)16-11-26-14-8-4-5-9-15(14)27-16/h2-9,16H,10-11H2,1H3,(H,21,23)(H,22,25).